The molecule has 1 aromatic carbocycles. The van der Waals surface area contributed by atoms with Crippen molar-refractivity contribution in [3.05, 3.63) is 29.1 Å². The van der Waals surface area contributed by atoms with Crippen molar-refractivity contribution in [1.82, 2.24) is 0 Å². The summed E-state index contributed by atoms with van der Waals surface area (Å²) in [6.07, 6.45) is 0. The lowest BCUT2D eigenvalue weighted by atomic mass is 10.2. The lowest BCUT2D eigenvalue weighted by Gasteiger charge is -1.98. The van der Waals surface area contributed by atoms with Crippen LogP contribution < -0.4 is 10.6 Å². The molecule has 0 amide bonds. The van der Waals surface area contributed by atoms with E-state index in [9.17, 15) is 0 Å². The van der Waals surface area contributed by atoms with Gasteiger partial charge in [-0.2, -0.15) is 0 Å². The van der Waals surface area contributed by atoms with E-state index in [-0.39, 0.29) is 0 Å². The molecule has 0 saturated carbocycles. The van der Waals surface area contributed by atoms with Crippen LogP contribution in [0.15, 0.2) is 24.3 Å². The minimum absolute atomic E-state index is 0.447. The average molecular weight is 209 g/mol. The third-order valence-electron chi connectivity index (χ3n) is 2.00. The Kier molecular flexibility index (Phi) is 2.67. The third kappa shape index (κ3) is 1.59. The standard InChI is InChI=1S/C10H11NO2S/c1-12-9-4-2-3-7-5-8(6-13-11)14-10(7)9/h2-5H,6,11H2,1H3. The molecule has 1 aromatic heterocycles. The summed E-state index contributed by atoms with van der Waals surface area (Å²) in [5.41, 5.74) is 0. The number of fused-ring (bicyclic) bond motifs is 1. The van der Waals surface area contributed by atoms with Crippen molar-refractivity contribution in [2.45, 2.75) is 6.61 Å². The summed E-state index contributed by atoms with van der Waals surface area (Å²) in [6.45, 7) is 0.447. The van der Waals surface area contributed by atoms with Crippen molar-refractivity contribution in [1.29, 1.82) is 0 Å². The maximum atomic E-state index is 5.26. The summed E-state index contributed by atoms with van der Waals surface area (Å²) in [5.74, 6) is 5.93. The summed E-state index contributed by atoms with van der Waals surface area (Å²) < 4.78 is 6.40. The van der Waals surface area contributed by atoms with Crippen molar-refractivity contribution in [3.63, 3.8) is 0 Å². The van der Waals surface area contributed by atoms with Crippen LogP contribution in [0.4, 0.5) is 0 Å². The zero-order chi connectivity index (χ0) is 9.97. The monoisotopic (exact) mass is 209 g/mol. The molecular formula is C10H11NO2S. The van der Waals surface area contributed by atoms with Crippen molar-refractivity contribution in [3.8, 4) is 5.75 Å². The van der Waals surface area contributed by atoms with Crippen molar-refractivity contribution < 1.29 is 9.57 Å². The van der Waals surface area contributed by atoms with Gasteiger partial charge in [0.05, 0.1) is 11.8 Å². The van der Waals surface area contributed by atoms with E-state index in [1.807, 2.05) is 18.2 Å². The Labute approximate surface area is 86.0 Å². The molecule has 3 nitrogen and oxygen atoms in total. The lowest BCUT2D eigenvalue weighted by Crippen LogP contribution is -1.96. The van der Waals surface area contributed by atoms with Crippen LogP contribution in [0, 0.1) is 0 Å². The van der Waals surface area contributed by atoms with Crippen LogP contribution in [-0.4, -0.2) is 7.11 Å². The van der Waals surface area contributed by atoms with Gasteiger partial charge in [0.25, 0.3) is 0 Å². The molecule has 0 saturated heterocycles. The Morgan fingerprint density at radius 3 is 3.00 bits per heavy atom. The number of benzene rings is 1. The molecule has 2 aromatic rings. The molecule has 1 heterocycles. The number of methoxy groups -OCH3 is 1. The Morgan fingerprint density at radius 2 is 2.29 bits per heavy atom. The molecule has 2 N–H and O–H groups in total. The third-order valence-corrected chi connectivity index (χ3v) is 3.14. The van der Waals surface area contributed by atoms with Gasteiger partial charge in [-0.3, -0.25) is 4.84 Å². The number of hydrogen-bond donors (Lipinski definition) is 1. The molecule has 0 spiro atoms. The van der Waals surface area contributed by atoms with Gasteiger partial charge in [0.2, 0.25) is 0 Å². The van der Waals surface area contributed by atoms with Crippen LogP contribution in [0.25, 0.3) is 10.1 Å². The van der Waals surface area contributed by atoms with Crippen LogP contribution in [-0.2, 0) is 11.4 Å². The van der Waals surface area contributed by atoms with E-state index >= 15 is 0 Å². The second kappa shape index (κ2) is 3.96. The molecule has 0 radical (unpaired) electrons. The summed E-state index contributed by atoms with van der Waals surface area (Å²) in [7, 11) is 1.67. The van der Waals surface area contributed by atoms with E-state index in [1.54, 1.807) is 18.4 Å². The highest BCUT2D eigenvalue weighted by molar-refractivity contribution is 7.19. The first-order chi connectivity index (χ1) is 6.85. The zero-order valence-corrected chi connectivity index (χ0v) is 8.64. The molecule has 0 aliphatic rings. The van der Waals surface area contributed by atoms with E-state index < -0.39 is 0 Å². The molecule has 0 fully saturated rings. The van der Waals surface area contributed by atoms with Gasteiger partial charge in [0.1, 0.15) is 12.4 Å². The average Bonchev–Trinajstić information content (AvgIpc) is 2.60. The second-order valence-electron chi connectivity index (χ2n) is 2.90. The van der Waals surface area contributed by atoms with Crippen LogP contribution in [0.2, 0.25) is 0 Å². The van der Waals surface area contributed by atoms with Gasteiger partial charge in [-0.1, -0.05) is 12.1 Å². The predicted molar refractivity (Wildman–Crippen MR) is 57.4 cm³/mol. The van der Waals surface area contributed by atoms with E-state index in [4.69, 9.17) is 10.6 Å². The molecule has 4 heteroatoms. The fourth-order valence-electron chi connectivity index (χ4n) is 1.40. The van der Waals surface area contributed by atoms with Crippen molar-refractivity contribution in [2.75, 3.05) is 7.11 Å². The molecule has 14 heavy (non-hydrogen) atoms. The SMILES string of the molecule is COc1cccc2cc(CON)sc12. The Balaban J connectivity index is 2.52. The van der Waals surface area contributed by atoms with Gasteiger partial charge in [-0.15, -0.1) is 11.3 Å². The largest absolute Gasteiger partial charge is 0.495 e. The fraction of sp³-hybridized carbons (Fsp3) is 0.200. The van der Waals surface area contributed by atoms with Crippen LogP contribution in [0.1, 0.15) is 4.88 Å². The molecule has 0 aliphatic heterocycles. The smallest absolute Gasteiger partial charge is 0.136 e. The van der Waals surface area contributed by atoms with Gasteiger partial charge in [-0.25, -0.2) is 5.90 Å². The zero-order valence-electron chi connectivity index (χ0n) is 7.82. The van der Waals surface area contributed by atoms with Gasteiger partial charge < -0.3 is 4.74 Å². The molecule has 2 rings (SSSR count). The number of hydrogen-bond acceptors (Lipinski definition) is 4. The van der Waals surface area contributed by atoms with Gasteiger partial charge in [0.15, 0.2) is 0 Å². The van der Waals surface area contributed by atoms with Crippen LogP contribution in [0.3, 0.4) is 0 Å². The van der Waals surface area contributed by atoms with Gasteiger partial charge >= 0.3 is 0 Å². The van der Waals surface area contributed by atoms with Crippen molar-refractivity contribution in [2.24, 2.45) is 5.90 Å². The molecule has 0 aliphatic carbocycles. The Bertz CT molecular complexity index is 439. The molecule has 74 valence electrons. The highest BCUT2D eigenvalue weighted by atomic mass is 32.1. The summed E-state index contributed by atoms with van der Waals surface area (Å²) in [6, 6.07) is 8.04. The van der Waals surface area contributed by atoms with Crippen LogP contribution >= 0.6 is 11.3 Å². The highest BCUT2D eigenvalue weighted by Gasteiger charge is 2.05. The van der Waals surface area contributed by atoms with Gasteiger partial charge in [0, 0.05) is 4.88 Å². The molecule has 0 atom stereocenters. The first-order valence-corrected chi connectivity index (χ1v) is 5.04. The normalized spacial score (nSPS) is 10.7. The van der Waals surface area contributed by atoms with Crippen LogP contribution in [0.5, 0.6) is 5.75 Å². The summed E-state index contributed by atoms with van der Waals surface area (Å²) in [4.78, 5) is 5.70. The summed E-state index contributed by atoms with van der Waals surface area (Å²) >= 11 is 1.64. The molecule has 0 bridgehead atoms. The molecule has 0 unspecified atom stereocenters. The lowest BCUT2D eigenvalue weighted by molar-refractivity contribution is 0.126. The second-order valence-corrected chi connectivity index (χ2v) is 4.04. The number of rotatable bonds is 3. The van der Waals surface area contributed by atoms with Crippen molar-refractivity contribution >= 4 is 21.4 Å². The molecular weight excluding hydrogens is 198 g/mol. The summed E-state index contributed by atoms with van der Waals surface area (Å²) in [5, 5.41) is 1.17. The number of thiophene rings is 1. The fourth-order valence-corrected chi connectivity index (χ4v) is 2.48. The van der Waals surface area contributed by atoms with E-state index in [0.29, 0.717) is 6.61 Å². The Morgan fingerprint density at radius 1 is 1.43 bits per heavy atom. The quantitative estimate of drug-likeness (QED) is 0.789. The maximum Gasteiger partial charge on any atom is 0.136 e. The maximum absolute atomic E-state index is 5.26. The number of nitrogens with two attached hydrogens (primary N) is 1. The Hall–Kier alpha value is -1.10. The first-order valence-electron chi connectivity index (χ1n) is 4.22. The topological polar surface area (TPSA) is 44.5 Å². The minimum atomic E-state index is 0.447. The number of ether oxygens (including phenoxy) is 1. The predicted octanol–water partition coefficient (Wildman–Crippen LogP) is 2.30. The minimum Gasteiger partial charge on any atom is -0.495 e. The van der Waals surface area contributed by atoms with E-state index in [1.165, 1.54) is 5.39 Å². The van der Waals surface area contributed by atoms with E-state index in [0.717, 1.165) is 15.3 Å². The first kappa shape index (κ1) is 9.45. The highest BCUT2D eigenvalue weighted by Crippen LogP contribution is 2.33. The van der Waals surface area contributed by atoms with E-state index in [2.05, 4.69) is 10.9 Å². The van der Waals surface area contributed by atoms with Gasteiger partial charge in [-0.05, 0) is 17.5 Å².